The molecule has 1 aromatic heterocycles. The number of amides is 3. The first kappa shape index (κ1) is 22.7. The first-order chi connectivity index (χ1) is 13.7. The number of carboxylic acid groups (broad SMARTS) is 1. The van der Waals surface area contributed by atoms with Crippen LogP contribution in [0.3, 0.4) is 0 Å². The number of imidazole rings is 1. The van der Waals surface area contributed by atoms with Crippen molar-refractivity contribution in [2.24, 2.45) is 5.73 Å². The van der Waals surface area contributed by atoms with Gasteiger partial charge in [-0.3, -0.25) is 14.4 Å². The first-order valence-electron chi connectivity index (χ1n) is 9.22. The van der Waals surface area contributed by atoms with Gasteiger partial charge in [-0.2, -0.15) is 12.6 Å². The Kier molecular flexibility index (Phi) is 8.02. The number of rotatable bonds is 9. The lowest BCUT2D eigenvalue weighted by Crippen LogP contribution is -2.57. The fourth-order valence-electron chi connectivity index (χ4n) is 3.07. The third-order valence-corrected chi connectivity index (χ3v) is 5.09. The maximum absolute atomic E-state index is 13.0. The zero-order valence-corrected chi connectivity index (χ0v) is 16.9. The van der Waals surface area contributed by atoms with E-state index in [4.69, 9.17) is 5.73 Å². The van der Waals surface area contributed by atoms with Gasteiger partial charge in [-0.25, -0.2) is 9.78 Å². The average Bonchev–Trinajstić information content (AvgIpc) is 3.37. The molecule has 3 amide bonds. The molecule has 11 nitrogen and oxygen atoms in total. The van der Waals surface area contributed by atoms with Gasteiger partial charge in [0.1, 0.15) is 18.1 Å². The zero-order chi connectivity index (χ0) is 21.6. The van der Waals surface area contributed by atoms with Gasteiger partial charge in [-0.15, -0.1) is 0 Å². The van der Waals surface area contributed by atoms with Crippen molar-refractivity contribution >= 4 is 36.3 Å². The van der Waals surface area contributed by atoms with E-state index in [1.165, 1.54) is 24.3 Å². The van der Waals surface area contributed by atoms with Gasteiger partial charge >= 0.3 is 5.97 Å². The van der Waals surface area contributed by atoms with E-state index in [0.29, 0.717) is 25.1 Å². The molecular formula is C17H26N6O5S. The van der Waals surface area contributed by atoms with E-state index in [1.54, 1.807) is 0 Å². The summed E-state index contributed by atoms with van der Waals surface area (Å²) in [4.78, 5) is 56.9. The topological polar surface area (TPSA) is 171 Å². The number of thiol groups is 1. The lowest BCUT2D eigenvalue weighted by molar-refractivity contribution is -0.149. The predicted octanol–water partition coefficient (Wildman–Crippen LogP) is -1.73. The first-order valence-corrected chi connectivity index (χ1v) is 9.85. The van der Waals surface area contributed by atoms with Crippen LogP contribution in [0.5, 0.6) is 0 Å². The molecule has 1 aliphatic heterocycles. The van der Waals surface area contributed by atoms with Crippen LogP contribution in [0, 0.1) is 0 Å². The molecule has 160 valence electrons. The number of nitrogens with zero attached hydrogens (tertiary/aromatic N) is 2. The number of carbonyl (C=O) groups excluding carboxylic acids is 3. The lowest BCUT2D eigenvalue weighted by Gasteiger charge is -2.28. The summed E-state index contributed by atoms with van der Waals surface area (Å²) in [7, 11) is 0. The Balaban J connectivity index is 2.11. The molecule has 6 N–H and O–H groups in total. The number of H-pyrrole nitrogens is 1. The highest BCUT2D eigenvalue weighted by Gasteiger charge is 2.38. The second-order valence-electron chi connectivity index (χ2n) is 6.89. The van der Waals surface area contributed by atoms with Crippen molar-refractivity contribution in [3.8, 4) is 0 Å². The summed E-state index contributed by atoms with van der Waals surface area (Å²) in [5.41, 5.74) is 6.18. The van der Waals surface area contributed by atoms with Crippen LogP contribution in [0.25, 0.3) is 0 Å². The van der Waals surface area contributed by atoms with Crippen molar-refractivity contribution in [2.45, 2.75) is 50.4 Å². The predicted molar refractivity (Wildman–Crippen MR) is 106 cm³/mol. The summed E-state index contributed by atoms with van der Waals surface area (Å²) in [5, 5.41) is 14.4. The Morgan fingerprint density at radius 1 is 1.38 bits per heavy atom. The van der Waals surface area contributed by atoms with Gasteiger partial charge in [0.15, 0.2) is 0 Å². The molecule has 1 aromatic rings. The molecule has 0 saturated carbocycles. The number of aliphatic carboxylic acids is 1. The van der Waals surface area contributed by atoms with Crippen LogP contribution in [0.2, 0.25) is 0 Å². The minimum Gasteiger partial charge on any atom is -0.480 e. The number of nitrogens with one attached hydrogen (secondary N) is 3. The van der Waals surface area contributed by atoms with Crippen LogP contribution in [-0.4, -0.2) is 80.1 Å². The molecule has 0 aromatic carbocycles. The van der Waals surface area contributed by atoms with Gasteiger partial charge in [0, 0.05) is 30.6 Å². The Morgan fingerprint density at radius 2 is 2.10 bits per heavy atom. The molecule has 0 bridgehead atoms. The Hall–Kier alpha value is -2.60. The standard InChI is InChI=1S/C17H26N6O5S/c1-9(21-15(25)11(18)7-29)14(24)22-12(5-10-6-19-8-20-10)16(26)23-4-2-3-13(23)17(27)28/h6,8-9,11-13,29H,2-5,7,18H2,1H3,(H,19,20)(H,21,25)(H,22,24)(H,27,28). The van der Waals surface area contributed by atoms with Crippen LogP contribution < -0.4 is 16.4 Å². The second kappa shape index (κ2) is 10.3. The highest BCUT2D eigenvalue weighted by atomic mass is 32.1. The highest BCUT2D eigenvalue weighted by molar-refractivity contribution is 7.80. The number of likely N-dealkylation sites (tertiary alicyclic amines) is 1. The molecule has 0 aliphatic carbocycles. The van der Waals surface area contributed by atoms with Crippen LogP contribution in [-0.2, 0) is 25.6 Å². The van der Waals surface area contributed by atoms with Gasteiger partial charge in [0.25, 0.3) is 0 Å². The van der Waals surface area contributed by atoms with Gasteiger partial charge in [0.05, 0.1) is 12.4 Å². The third-order valence-electron chi connectivity index (χ3n) is 4.70. The van der Waals surface area contributed by atoms with Crippen molar-refractivity contribution in [3.63, 3.8) is 0 Å². The van der Waals surface area contributed by atoms with Crippen LogP contribution in [0.15, 0.2) is 12.5 Å². The lowest BCUT2D eigenvalue weighted by atomic mass is 10.1. The summed E-state index contributed by atoms with van der Waals surface area (Å²) in [5.74, 6) is -2.59. The van der Waals surface area contributed by atoms with E-state index in [1.807, 2.05) is 0 Å². The normalized spacial score (nSPS) is 19.3. The summed E-state index contributed by atoms with van der Waals surface area (Å²) in [6.45, 7) is 1.76. The quantitative estimate of drug-likeness (QED) is 0.255. The van der Waals surface area contributed by atoms with Crippen LogP contribution in [0.1, 0.15) is 25.5 Å². The molecule has 12 heteroatoms. The van der Waals surface area contributed by atoms with Crippen molar-refractivity contribution in [2.75, 3.05) is 12.3 Å². The SMILES string of the molecule is CC(NC(=O)C(N)CS)C(=O)NC(Cc1cnc[nH]1)C(=O)N1CCCC1C(=O)O. The largest absolute Gasteiger partial charge is 0.480 e. The molecule has 4 unspecified atom stereocenters. The Labute approximate surface area is 173 Å². The number of nitrogens with two attached hydrogens (primary N) is 1. The Morgan fingerprint density at radius 3 is 2.69 bits per heavy atom. The van der Waals surface area contributed by atoms with E-state index in [2.05, 4.69) is 33.2 Å². The minimum atomic E-state index is -1.08. The summed E-state index contributed by atoms with van der Waals surface area (Å²) >= 11 is 3.94. The monoisotopic (exact) mass is 426 g/mol. The van der Waals surface area contributed by atoms with Crippen molar-refractivity contribution in [3.05, 3.63) is 18.2 Å². The molecule has 4 atom stereocenters. The number of carbonyl (C=O) groups is 4. The smallest absolute Gasteiger partial charge is 0.326 e. The van der Waals surface area contributed by atoms with E-state index in [0.717, 1.165) is 0 Å². The van der Waals surface area contributed by atoms with E-state index in [-0.39, 0.29) is 12.2 Å². The number of aromatic amines is 1. The van der Waals surface area contributed by atoms with E-state index >= 15 is 0 Å². The molecule has 29 heavy (non-hydrogen) atoms. The van der Waals surface area contributed by atoms with Crippen LogP contribution >= 0.6 is 12.6 Å². The Bertz CT molecular complexity index is 743. The molecule has 2 heterocycles. The van der Waals surface area contributed by atoms with Crippen molar-refractivity contribution in [1.82, 2.24) is 25.5 Å². The van der Waals surface area contributed by atoms with Gasteiger partial charge in [0.2, 0.25) is 17.7 Å². The molecule has 0 radical (unpaired) electrons. The average molecular weight is 426 g/mol. The molecule has 1 aliphatic rings. The van der Waals surface area contributed by atoms with Gasteiger partial charge < -0.3 is 31.4 Å². The minimum absolute atomic E-state index is 0.101. The fourth-order valence-corrected chi connectivity index (χ4v) is 3.24. The number of hydrogen-bond donors (Lipinski definition) is 6. The van der Waals surface area contributed by atoms with Gasteiger partial charge in [-0.05, 0) is 19.8 Å². The highest BCUT2D eigenvalue weighted by Crippen LogP contribution is 2.19. The molecule has 0 spiro atoms. The second-order valence-corrected chi connectivity index (χ2v) is 7.25. The number of carboxylic acids is 1. The summed E-state index contributed by atoms with van der Waals surface area (Å²) in [6.07, 6.45) is 3.99. The molecular weight excluding hydrogens is 400 g/mol. The summed E-state index contributed by atoms with van der Waals surface area (Å²) in [6, 6.07) is -3.74. The third kappa shape index (κ3) is 5.94. The van der Waals surface area contributed by atoms with Crippen molar-refractivity contribution < 1.29 is 24.3 Å². The molecule has 1 saturated heterocycles. The van der Waals surface area contributed by atoms with Gasteiger partial charge in [-0.1, -0.05) is 0 Å². The van der Waals surface area contributed by atoms with Crippen molar-refractivity contribution in [1.29, 1.82) is 0 Å². The summed E-state index contributed by atoms with van der Waals surface area (Å²) < 4.78 is 0. The number of aromatic nitrogens is 2. The maximum atomic E-state index is 13.0. The zero-order valence-electron chi connectivity index (χ0n) is 16.0. The fraction of sp³-hybridized carbons (Fsp3) is 0.588. The van der Waals surface area contributed by atoms with Crippen LogP contribution in [0.4, 0.5) is 0 Å². The number of hydrogen-bond acceptors (Lipinski definition) is 7. The van der Waals surface area contributed by atoms with E-state index in [9.17, 15) is 24.3 Å². The molecule has 1 fully saturated rings. The maximum Gasteiger partial charge on any atom is 0.326 e. The molecule has 2 rings (SSSR count). The van der Waals surface area contributed by atoms with E-state index < -0.39 is 47.9 Å².